The number of rotatable bonds is 3. The van der Waals surface area contributed by atoms with E-state index in [2.05, 4.69) is 10.3 Å². The molecule has 3 N–H and O–H groups in total. The van der Waals surface area contributed by atoms with Gasteiger partial charge in [0.2, 0.25) is 5.88 Å². The molecule has 0 spiro atoms. The molecule has 1 fully saturated rings. The van der Waals surface area contributed by atoms with Gasteiger partial charge in [0.1, 0.15) is 0 Å². The van der Waals surface area contributed by atoms with Crippen LogP contribution in [0, 0.1) is 6.92 Å². The smallest absolute Gasteiger partial charge is 0.335 e. The summed E-state index contributed by atoms with van der Waals surface area (Å²) in [4.78, 5) is 39.1. The van der Waals surface area contributed by atoms with Crippen molar-refractivity contribution in [1.82, 2.24) is 14.9 Å². The predicted octanol–water partition coefficient (Wildman–Crippen LogP) is 2.26. The van der Waals surface area contributed by atoms with E-state index in [1.54, 1.807) is 19.1 Å². The fraction of sp³-hybridized carbons (Fsp3) is 0.389. The zero-order chi connectivity index (χ0) is 18.8. The van der Waals surface area contributed by atoms with Crippen LogP contribution in [0.1, 0.15) is 48.0 Å². The number of aromatic nitrogens is 2. The number of aromatic amines is 1. The number of nitrogens with one attached hydrogen (secondary N) is 2. The Morgan fingerprint density at radius 3 is 2.65 bits per heavy atom. The summed E-state index contributed by atoms with van der Waals surface area (Å²) < 4.78 is 0.887. The Morgan fingerprint density at radius 1 is 1.27 bits per heavy atom. The number of hydrogen-bond acceptors (Lipinski definition) is 4. The number of nitrogens with zero attached hydrogens (tertiary/aromatic N) is 1. The first-order valence-corrected chi connectivity index (χ1v) is 8.92. The lowest BCUT2D eigenvalue weighted by molar-refractivity contribution is 0.0922. The number of aryl methyl sites for hydroxylation is 1. The van der Waals surface area contributed by atoms with Gasteiger partial charge < -0.3 is 10.4 Å². The first-order chi connectivity index (χ1) is 12.4. The topological polar surface area (TPSA) is 104 Å². The van der Waals surface area contributed by atoms with Gasteiger partial charge in [0.15, 0.2) is 5.56 Å². The maximum absolute atomic E-state index is 12.6. The van der Waals surface area contributed by atoms with Crippen LogP contribution in [0.3, 0.4) is 0 Å². The van der Waals surface area contributed by atoms with Gasteiger partial charge in [-0.25, -0.2) is 9.36 Å². The number of halogens is 1. The van der Waals surface area contributed by atoms with Gasteiger partial charge in [-0.1, -0.05) is 36.9 Å². The molecule has 0 unspecified atom stereocenters. The normalized spacial score (nSPS) is 15.0. The van der Waals surface area contributed by atoms with Crippen molar-refractivity contribution in [2.75, 3.05) is 0 Å². The lowest BCUT2D eigenvalue weighted by Gasteiger charge is -2.23. The summed E-state index contributed by atoms with van der Waals surface area (Å²) >= 11 is 5.99. The minimum atomic E-state index is -0.920. The molecule has 1 aromatic carbocycles. The molecular weight excluding hydrogens is 358 g/mol. The molecule has 1 aromatic heterocycles. The van der Waals surface area contributed by atoms with E-state index in [-0.39, 0.29) is 6.04 Å². The molecule has 0 saturated heterocycles. The van der Waals surface area contributed by atoms with Crippen LogP contribution in [0.15, 0.2) is 27.8 Å². The molecule has 1 heterocycles. The van der Waals surface area contributed by atoms with Crippen molar-refractivity contribution in [2.24, 2.45) is 0 Å². The lowest BCUT2D eigenvalue weighted by Crippen LogP contribution is -2.41. The number of aromatic hydroxyl groups is 1. The van der Waals surface area contributed by atoms with Gasteiger partial charge >= 0.3 is 5.69 Å². The van der Waals surface area contributed by atoms with Gasteiger partial charge in [0.05, 0.1) is 5.69 Å². The molecule has 3 rings (SSSR count). The average molecular weight is 378 g/mol. The van der Waals surface area contributed by atoms with Crippen molar-refractivity contribution in [3.05, 3.63) is 55.2 Å². The summed E-state index contributed by atoms with van der Waals surface area (Å²) in [7, 11) is 0. The summed E-state index contributed by atoms with van der Waals surface area (Å²) in [6.07, 6.45) is 4.80. The molecule has 0 aliphatic heterocycles. The van der Waals surface area contributed by atoms with Crippen molar-refractivity contribution in [3.8, 4) is 11.6 Å². The third-order valence-corrected chi connectivity index (χ3v) is 4.90. The number of amides is 1. The highest BCUT2D eigenvalue weighted by atomic mass is 35.5. The molecule has 0 bridgehead atoms. The average Bonchev–Trinajstić information content (AvgIpc) is 2.58. The first-order valence-electron chi connectivity index (χ1n) is 8.54. The van der Waals surface area contributed by atoms with E-state index in [4.69, 9.17) is 11.6 Å². The lowest BCUT2D eigenvalue weighted by atomic mass is 9.95. The Hall–Kier alpha value is -2.54. The highest BCUT2D eigenvalue weighted by molar-refractivity contribution is 6.30. The van der Waals surface area contributed by atoms with E-state index >= 15 is 0 Å². The standard InChI is InChI=1S/C18H20ClN3O4/c1-10-7-8-11(19)9-13(10)22-17(25)14(16(24)21-18(22)26)15(23)20-12-5-3-2-4-6-12/h7-9,12,25H,2-6H2,1H3,(H,20,23)(H,21,24,26). The molecule has 1 aliphatic carbocycles. The van der Waals surface area contributed by atoms with Crippen LogP contribution in [0.25, 0.3) is 5.69 Å². The maximum atomic E-state index is 12.6. The predicted molar refractivity (Wildman–Crippen MR) is 98.4 cm³/mol. The second-order valence-corrected chi connectivity index (χ2v) is 6.97. The van der Waals surface area contributed by atoms with Crippen molar-refractivity contribution < 1.29 is 9.90 Å². The summed E-state index contributed by atoms with van der Waals surface area (Å²) in [5, 5.41) is 13.7. The summed E-state index contributed by atoms with van der Waals surface area (Å²) in [5.74, 6) is -1.39. The first kappa shape index (κ1) is 18.3. The van der Waals surface area contributed by atoms with Crippen LogP contribution in [0.5, 0.6) is 5.88 Å². The Kier molecular flexibility index (Phi) is 5.18. The summed E-state index contributed by atoms with van der Waals surface area (Å²) in [6.45, 7) is 1.73. The minimum absolute atomic E-state index is 0.0386. The molecule has 0 atom stereocenters. The Balaban J connectivity index is 2.07. The minimum Gasteiger partial charge on any atom is -0.493 e. The van der Waals surface area contributed by atoms with Crippen LogP contribution in [-0.2, 0) is 0 Å². The molecule has 1 amide bonds. The molecule has 1 aliphatic rings. The number of benzene rings is 1. The number of carbonyl (C=O) groups is 1. The Labute approximate surface area is 154 Å². The molecule has 26 heavy (non-hydrogen) atoms. The monoisotopic (exact) mass is 377 g/mol. The number of hydrogen-bond donors (Lipinski definition) is 3. The Bertz CT molecular complexity index is 958. The second kappa shape index (κ2) is 7.37. The third kappa shape index (κ3) is 3.53. The zero-order valence-corrected chi connectivity index (χ0v) is 15.1. The van der Waals surface area contributed by atoms with Crippen LogP contribution >= 0.6 is 11.6 Å². The van der Waals surface area contributed by atoms with Crippen LogP contribution in [0.4, 0.5) is 0 Å². The van der Waals surface area contributed by atoms with Gasteiger partial charge in [-0.15, -0.1) is 0 Å². The van der Waals surface area contributed by atoms with E-state index in [1.165, 1.54) is 6.07 Å². The molecular formula is C18H20ClN3O4. The highest BCUT2D eigenvalue weighted by Crippen LogP contribution is 2.23. The largest absolute Gasteiger partial charge is 0.493 e. The SMILES string of the molecule is Cc1ccc(Cl)cc1-n1c(O)c(C(=O)NC2CCCCC2)c(=O)[nH]c1=O. The van der Waals surface area contributed by atoms with E-state index in [0.717, 1.165) is 36.7 Å². The van der Waals surface area contributed by atoms with Gasteiger partial charge in [-0.05, 0) is 37.5 Å². The quantitative estimate of drug-likeness (QED) is 0.763. The number of H-pyrrole nitrogens is 1. The van der Waals surface area contributed by atoms with Crippen molar-refractivity contribution in [1.29, 1.82) is 0 Å². The zero-order valence-electron chi connectivity index (χ0n) is 14.3. The Morgan fingerprint density at radius 2 is 1.96 bits per heavy atom. The highest BCUT2D eigenvalue weighted by Gasteiger charge is 2.25. The van der Waals surface area contributed by atoms with Gasteiger partial charge in [0, 0.05) is 11.1 Å². The molecule has 7 nitrogen and oxygen atoms in total. The van der Waals surface area contributed by atoms with Crippen molar-refractivity contribution in [3.63, 3.8) is 0 Å². The van der Waals surface area contributed by atoms with Gasteiger partial charge in [0.25, 0.3) is 11.5 Å². The molecule has 1 saturated carbocycles. The van der Waals surface area contributed by atoms with Crippen LogP contribution in [0.2, 0.25) is 5.02 Å². The fourth-order valence-electron chi connectivity index (χ4n) is 3.28. The number of carbonyl (C=O) groups excluding carboxylic acids is 1. The summed E-state index contributed by atoms with van der Waals surface area (Å²) in [6, 6.07) is 4.77. The molecule has 8 heteroatoms. The van der Waals surface area contributed by atoms with Crippen LogP contribution < -0.4 is 16.6 Å². The molecule has 2 aromatic rings. The second-order valence-electron chi connectivity index (χ2n) is 6.53. The van der Waals surface area contributed by atoms with E-state index in [9.17, 15) is 19.5 Å². The molecule has 0 radical (unpaired) electrons. The van der Waals surface area contributed by atoms with Crippen LogP contribution in [-0.4, -0.2) is 26.6 Å². The third-order valence-electron chi connectivity index (χ3n) is 4.67. The fourth-order valence-corrected chi connectivity index (χ4v) is 3.45. The van der Waals surface area contributed by atoms with E-state index in [0.29, 0.717) is 16.3 Å². The summed E-state index contributed by atoms with van der Waals surface area (Å²) in [5.41, 5.74) is -1.29. The molecule has 138 valence electrons. The van der Waals surface area contributed by atoms with Crippen molar-refractivity contribution in [2.45, 2.75) is 45.1 Å². The van der Waals surface area contributed by atoms with E-state index in [1.807, 2.05) is 0 Å². The van der Waals surface area contributed by atoms with Gasteiger partial charge in [-0.3, -0.25) is 14.6 Å². The van der Waals surface area contributed by atoms with Gasteiger partial charge in [-0.2, -0.15) is 0 Å². The van der Waals surface area contributed by atoms with Crippen molar-refractivity contribution >= 4 is 17.5 Å². The maximum Gasteiger partial charge on any atom is 0.335 e. The van der Waals surface area contributed by atoms with E-state index < -0.39 is 28.6 Å².